The zero-order chi connectivity index (χ0) is 18.7. The molecule has 5 heteroatoms. The topological polar surface area (TPSA) is 54.9 Å². The summed E-state index contributed by atoms with van der Waals surface area (Å²) < 4.78 is 11.3. The lowest BCUT2D eigenvalue weighted by Gasteiger charge is -2.20. The third kappa shape index (κ3) is 7.75. The molecule has 1 aromatic carbocycles. The lowest BCUT2D eigenvalue weighted by molar-refractivity contribution is 0.0931. The Kier molecular flexibility index (Phi) is 8.92. The lowest BCUT2D eigenvalue weighted by Crippen LogP contribution is -2.42. The van der Waals surface area contributed by atoms with Crippen LogP contribution in [0.15, 0.2) is 35.3 Å². The molecular formula is C21H35N3O2. The van der Waals surface area contributed by atoms with Crippen LogP contribution in [0.1, 0.15) is 38.7 Å². The van der Waals surface area contributed by atoms with Crippen LogP contribution >= 0.6 is 0 Å². The van der Waals surface area contributed by atoms with E-state index in [0.29, 0.717) is 17.9 Å². The van der Waals surface area contributed by atoms with Gasteiger partial charge in [0.25, 0.3) is 0 Å². The van der Waals surface area contributed by atoms with Crippen LogP contribution in [0, 0.1) is 11.3 Å². The molecule has 146 valence electrons. The standard InChI is InChI=1S/C21H35N3O2/c1-4-25-13-12-21(10-11-21)17-24-20(22-3)23-14-18(2)15-26-16-19-8-6-5-7-9-19/h5-9,18H,4,10-17H2,1-3H3,(H2,22,23,24). The summed E-state index contributed by atoms with van der Waals surface area (Å²) in [5.74, 6) is 1.30. The molecule has 0 aromatic heterocycles. The van der Waals surface area contributed by atoms with Gasteiger partial charge in [-0.25, -0.2) is 0 Å². The van der Waals surface area contributed by atoms with Gasteiger partial charge in [-0.05, 0) is 43.1 Å². The molecule has 0 aliphatic heterocycles. The number of benzene rings is 1. The van der Waals surface area contributed by atoms with Crippen molar-refractivity contribution >= 4 is 5.96 Å². The van der Waals surface area contributed by atoms with E-state index in [9.17, 15) is 0 Å². The predicted molar refractivity (Wildman–Crippen MR) is 107 cm³/mol. The van der Waals surface area contributed by atoms with E-state index in [4.69, 9.17) is 9.47 Å². The van der Waals surface area contributed by atoms with Crippen LogP contribution in [0.3, 0.4) is 0 Å². The summed E-state index contributed by atoms with van der Waals surface area (Å²) in [5.41, 5.74) is 1.63. The SMILES string of the molecule is CCOCCC1(CNC(=NC)NCC(C)COCc2ccccc2)CC1. The highest BCUT2D eigenvalue weighted by Crippen LogP contribution is 2.48. The molecular weight excluding hydrogens is 326 g/mol. The smallest absolute Gasteiger partial charge is 0.191 e. The van der Waals surface area contributed by atoms with Crippen molar-refractivity contribution in [2.45, 2.75) is 39.7 Å². The summed E-state index contributed by atoms with van der Waals surface area (Å²) in [6.07, 6.45) is 3.70. The Morgan fingerprint density at radius 3 is 2.62 bits per heavy atom. The fourth-order valence-electron chi connectivity index (χ4n) is 2.90. The normalized spacial score (nSPS) is 17.0. The quantitative estimate of drug-likeness (QED) is 0.341. The van der Waals surface area contributed by atoms with Gasteiger partial charge in [-0.3, -0.25) is 4.99 Å². The summed E-state index contributed by atoms with van der Waals surface area (Å²) >= 11 is 0. The second kappa shape index (κ2) is 11.2. The van der Waals surface area contributed by atoms with Crippen molar-refractivity contribution in [2.24, 2.45) is 16.3 Å². The Labute approximate surface area is 158 Å². The van der Waals surface area contributed by atoms with Crippen LogP contribution < -0.4 is 10.6 Å². The van der Waals surface area contributed by atoms with Gasteiger partial charge in [0.15, 0.2) is 5.96 Å². The van der Waals surface area contributed by atoms with Crippen molar-refractivity contribution in [1.29, 1.82) is 0 Å². The summed E-state index contributed by atoms with van der Waals surface area (Å²) in [6.45, 7) is 9.12. The Morgan fingerprint density at radius 2 is 1.96 bits per heavy atom. The monoisotopic (exact) mass is 361 g/mol. The first-order valence-corrected chi connectivity index (χ1v) is 9.81. The Morgan fingerprint density at radius 1 is 1.19 bits per heavy atom. The molecule has 0 bridgehead atoms. The molecule has 1 aliphatic carbocycles. The Hall–Kier alpha value is -1.59. The second-order valence-corrected chi connectivity index (χ2v) is 7.36. The van der Waals surface area contributed by atoms with E-state index in [1.54, 1.807) is 0 Å². The van der Waals surface area contributed by atoms with Gasteiger partial charge in [0.1, 0.15) is 0 Å². The molecule has 0 spiro atoms. The second-order valence-electron chi connectivity index (χ2n) is 7.36. The zero-order valence-electron chi connectivity index (χ0n) is 16.6. The average molecular weight is 362 g/mol. The average Bonchev–Trinajstić information content (AvgIpc) is 3.43. The first-order chi connectivity index (χ1) is 12.7. The van der Waals surface area contributed by atoms with Crippen LogP contribution in [0.25, 0.3) is 0 Å². The minimum absolute atomic E-state index is 0.414. The molecule has 2 N–H and O–H groups in total. The molecule has 1 fully saturated rings. The predicted octanol–water partition coefficient (Wildman–Crippen LogP) is 3.21. The van der Waals surface area contributed by atoms with Crippen molar-refractivity contribution in [3.8, 4) is 0 Å². The van der Waals surface area contributed by atoms with Crippen molar-refractivity contribution < 1.29 is 9.47 Å². The van der Waals surface area contributed by atoms with E-state index >= 15 is 0 Å². The molecule has 2 rings (SSSR count). The molecule has 1 unspecified atom stereocenters. The number of rotatable bonds is 12. The van der Waals surface area contributed by atoms with Gasteiger partial charge in [0, 0.05) is 33.4 Å². The highest BCUT2D eigenvalue weighted by molar-refractivity contribution is 5.79. The van der Waals surface area contributed by atoms with Gasteiger partial charge in [-0.2, -0.15) is 0 Å². The van der Waals surface area contributed by atoms with Crippen LogP contribution in [0.4, 0.5) is 0 Å². The number of hydrogen-bond acceptors (Lipinski definition) is 3. The number of nitrogens with zero attached hydrogens (tertiary/aromatic N) is 1. The largest absolute Gasteiger partial charge is 0.382 e. The first kappa shape index (κ1) is 20.7. The number of ether oxygens (including phenoxy) is 2. The number of hydrogen-bond donors (Lipinski definition) is 2. The maximum Gasteiger partial charge on any atom is 0.191 e. The fraction of sp³-hybridized carbons (Fsp3) is 0.667. The number of guanidine groups is 1. The third-order valence-corrected chi connectivity index (χ3v) is 4.92. The molecule has 0 saturated heterocycles. The van der Waals surface area contributed by atoms with Crippen molar-refractivity contribution in [1.82, 2.24) is 10.6 Å². The molecule has 0 heterocycles. The lowest BCUT2D eigenvalue weighted by atomic mass is 10.0. The van der Waals surface area contributed by atoms with Gasteiger partial charge in [-0.15, -0.1) is 0 Å². The molecule has 26 heavy (non-hydrogen) atoms. The molecule has 0 radical (unpaired) electrons. The summed E-state index contributed by atoms with van der Waals surface area (Å²) in [7, 11) is 1.83. The fourth-order valence-corrected chi connectivity index (χ4v) is 2.90. The minimum Gasteiger partial charge on any atom is -0.382 e. The summed E-state index contributed by atoms with van der Waals surface area (Å²) in [6, 6.07) is 10.3. The zero-order valence-corrected chi connectivity index (χ0v) is 16.6. The van der Waals surface area contributed by atoms with Gasteiger partial charge in [0.05, 0.1) is 13.2 Å². The van der Waals surface area contributed by atoms with Gasteiger partial charge < -0.3 is 20.1 Å². The van der Waals surface area contributed by atoms with Crippen LogP contribution in [-0.4, -0.2) is 45.9 Å². The van der Waals surface area contributed by atoms with E-state index in [2.05, 4.69) is 34.7 Å². The van der Waals surface area contributed by atoms with Crippen molar-refractivity contribution in [3.63, 3.8) is 0 Å². The molecule has 1 saturated carbocycles. The van der Waals surface area contributed by atoms with E-state index in [-0.39, 0.29) is 0 Å². The van der Waals surface area contributed by atoms with Crippen LogP contribution in [0.5, 0.6) is 0 Å². The molecule has 0 amide bonds. The van der Waals surface area contributed by atoms with Crippen molar-refractivity contribution in [3.05, 3.63) is 35.9 Å². The summed E-state index contributed by atoms with van der Waals surface area (Å²) in [4.78, 5) is 4.34. The molecule has 1 aliphatic rings. The third-order valence-electron chi connectivity index (χ3n) is 4.92. The number of aliphatic imine (C=N–C) groups is 1. The molecule has 5 nitrogen and oxygen atoms in total. The maximum absolute atomic E-state index is 5.81. The Balaban J connectivity index is 1.59. The van der Waals surface area contributed by atoms with Gasteiger partial charge in [-0.1, -0.05) is 37.3 Å². The van der Waals surface area contributed by atoms with E-state index in [1.807, 2.05) is 32.2 Å². The van der Waals surface area contributed by atoms with E-state index < -0.39 is 0 Å². The Bertz CT molecular complexity index is 529. The van der Waals surface area contributed by atoms with E-state index in [1.165, 1.54) is 18.4 Å². The highest BCUT2D eigenvalue weighted by atomic mass is 16.5. The van der Waals surface area contributed by atoms with Crippen molar-refractivity contribution in [2.75, 3.05) is 40.0 Å². The van der Waals surface area contributed by atoms with Gasteiger partial charge in [0.2, 0.25) is 0 Å². The summed E-state index contributed by atoms with van der Waals surface area (Å²) in [5, 5.41) is 6.89. The van der Waals surface area contributed by atoms with Gasteiger partial charge >= 0.3 is 0 Å². The maximum atomic E-state index is 5.81. The van der Waals surface area contributed by atoms with Crippen LogP contribution in [-0.2, 0) is 16.1 Å². The van der Waals surface area contributed by atoms with Crippen LogP contribution in [0.2, 0.25) is 0 Å². The first-order valence-electron chi connectivity index (χ1n) is 9.81. The van der Waals surface area contributed by atoms with E-state index in [0.717, 1.165) is 45.3 Å². The number of nitrogens with one attached hydrogen (secondary N) is 2. The molecule has 1 aromatic rings. The minimum atomic E-state index is 0.414. The molecule has 1 atom stereocenters. The highest BCUT2D eigenvalue weighted by Gasteiger charge is 2.41.